The SMILES string of the molecule is CC(=O)NC(=O)CCSc1nc(N)nc(C2C(Cl)=CC3=c4c2cccc4=COC3)n1. The molecule has 0 saturated carbocycles. The molecule has 2 heterocycles. The number of rotatable bonds is 5. The number of hydrogen-bond donors (Lipinski definition) is 2. The minimum atomic E-state index is -0.388. The predicted molar refractivity (Wildman–Crippen MR) is 114 cm³/mol. The van der Waals surface area contributed by atoms with Crippen molar-refractivity contribution >= 4 is 53.0 Å². The number of carbonyl (C=O) groups is 2. The van der Waals surface area contributed by atoms with Crippen molar-refractivity contribution in [2.45, 2.75) is 24.4 Å². The van der Waals surface area contributed by atoms with E-state index >= 15 is 0 Å². The number of ether oxygens (including phenoxy) is 1. The number of thioether (sulfide) groups is 1. The maximum absolute atomic E-state index is 11.6. The number of halogens is 1. The number of imide groups is 1. The van der Waals surface area contributed by atoms with Crippen LogP contribution in [0.25, 0.3) is 11.8 Å². The first-order valence-electron chi connectivity index (χ1n) is 9.18. The normalized spacial score (nSPS) is 16.7. The second-order valence-electron chi connectivity index (χ2n) is 6.77. The smallest absolute Gasteiger partial charge is 0.227 e. The number of nitrogens with two attached hydrogens (primary N) is 1. The van der Waals surface area contributed by atoms with Crippen molar-refractivity contribution in [1.82, 2.24) is 20.3 Å². The van der Waals surface area contributed by atoms with Crippen molar-refractivity contribution < 1.29 is 14.3 Å². The van der Waals surface area contributed by atoms with Crippen LogP contribution in [0, 0.1) is 0 Å². The quantitative estimate of drug-likeness (QED) is 0.650. The third-order valence-corrected chi connectivity index (χ3v) is 5.76. The van der Waals surface area contributed by atoms with E-state index < -0.39 is 0 Å². The van der Waals surface area contributed by atoms with Crippen molar-refractivity contribution in [3.8, 4) is 0 Å². The first-order valence-corrected chi connectivity index (χ1v) is 10.5. The molecule has 0 saturated heterocycles. The first kappa shape index (κ1) is 20.4. The van der Waals surface area contributed by atoms with Gasteiger partial charge in [-0.1, -0.05) is 41.6 Å². The van der Waals surface area contributed by atoms with Crippen molar-refractivity contribution in [2.24, 2.45) is 0 Å². The largest absolute Gasteiger partial charge is 0.496 e. The minimum absolute atomic E-state index is 0.0784. The number of amides is 2. The molecule has 10 heteroatoms. The Kier molecular flexibility index (Phi) is 5.74. The zero-order valence-electron chi connectivity index (χ0n) is 16.0. The number of aromatic nitrogens is 3. The number of carbonyl (C=O) groups excluding carboxylic acids is 2. The second kappa shape index (κ2) is 8.45. The van der Waals surface area contributed by atoms with Crippen LogP contribution in [0.3, 0.4) is 0 Å². The standard InChI is InChI=1S/C20H18ClN5O3S/c1-10(27)23-15(28)5-6-30-20-25-18(24-19(22)26-20)17-13-4-2-3-11-8-29-9-12(16(11)13)7-14(17)21/h2-4,7-8,17H,5-6,9H2,1H3,(H,23,27,28)(H2,22,24,25,26). The Labute approximate surface area is 181 Å². The molecule has 1 aliphatic carbocycles. The molecule has 1 aromatic heterocycles. The van der Waals surface area contributed by atoms with Crippen LogP contribution in [0.4, 0.5) is 5.95 Å². The van der Waals surface area contributed by atoms with E-state index in [2.05, 4.69) is 20.3 Å². The van der Waals surface area contributed by atoms with Gasteiger partial charge in [0.25, 0.3) is 0 Å². The average Bonchev–Trinajstić information content (AvgIpc) is 2.67. The molecule has 2 aliphatic rings. The Morgan fingerprint density at radius 1 is 1.33 bits per heavy atom. The Bertz CT molecular complexity index is 1200. The molecule has 4 rings (SSSR count). The third kappa shape index (κ3) is 4.17. The van der Waals surface area contributed by atoms with Gasteiger partial charge in [0.1, 0.15) is 12.4 Å². The lowest BCUT2D eigenvalue weighted by Crippen LogP contribution is -2.38. The summed E-state index contributed by atoms with van der Waals surface area (Å²) in [5.74, 6) is -0.204. The Hall–Kier alpha value is -2.91. The Morgan fingerprint density at radius 3 is 2.97 bits per heavy atom. The van der Waals surface area contributed by atoms with Crippen LogP contribution in [-0.4, -0.2) is 39.1 Å². The number of allylic oxidation sites excluding steroid dienone is 1. The van der Waals surface area contributed by atoms with Crippen LogP contribution in [0.15, 0.2) is 34.5 Å². The van der Waals surface area contributed by atoms with Gasteiger partial charge in [-0.2, -0.15) is 9.97 Å². The van der Waals surface area contributed by atoms with E-state index in [4.69, 9.17) is 22.1 Å². The summed E-state index contributed by atoms with van der Waals surface area (Å²) in [4.78, 5) is 35.6. The molecule has 3 N–H and O–H groups in total. The van der Waals surface area contributed by atoms with Gasteiger partial charge in [-0.3, -0.25) is 14.9 Å². The highest BCUT2D eigenvalue weighted by Crippen LogP contribution is 2.35. The summed E-state index contributed by atoms with van der Waals surface area (Å²) < 4.78 is 5.52. The summed E-state index contributed by atoms with van der Waals surface area (Å²) in [7, 11) is 0. The zero-order chi connectivity index (χ0) is 21.3. The van der Waals surface area contributed by atoms with Crippen molar-refractivity contribution in [1.29, 1.82) is 0 Å². The topological polar surface area (TPSA) is 120 Å². The lowest BCUT2D eigenvalue weighted by molar-refractivity contribution is -0.128. The molecule has 0 fully saturated rings. The summed E-state index contributed by atoms with van der Waals surface area (Å²) in [5, 5.41) is 5.25. The molecule has 0 radical (unpaired) electrons. The maximum Gasteiger partial charge on any atom is 0.227 e. The molecular weight excluding hydrogens is 426 g/mol. The lowest BCUT2D eigenvalue weighted by Gasteiger charge is -2.24. The van der Waals surface area contributed by atoms with Gasteiger partial charge in [-0.25, -0.2) is 4.98 Å². The monoisotopic (exact) mass is 443 g/mol. The highest BCUT2D eigenvalue weighted by Gasteiger charge is 2.28. The van der Waals surface area contributed by atoms with Crippen LogP contribution < -0.4 is 21.5 Å². The average molecular weight is 444 g/mol. The van der Waals surface area contributed by atoms with Gasteiger partial charge in [0.15, 0.2) is 5.16 Å². The highest BCUT2D eigenvalue weighted by atomic mass is 35.5. The molecule has 1 unspecified atom stereocenters. The Balaban J connectivity index is 1.63. The number of hydrogen-bond acceptors (Lipinski definition) is 8. The van der Waals surface area contributed by atoms with Crippen molar-refractivity contribution in [2.75, 3.05) is 18.1 Å². The van der Waals surface area contributed by atoms with Crippen LogP contribution in [0.1, 0.15) is 30.7 Å². The first-order chi connectivity index (χ1) is 14.4. The van der Waals surface area contributed by atoms with E-state index in [0.717, 1.165) is 21.6 Å². The summed E-state index contributed by atoms with van der Waals surface area (Å²) in [5.41, 5.74) is 7.92. The molecule has 1 atom stereocenters. The summed E-state index contributed by atoms with van der Waals surface area (Å²) in [6, 6.07) is 5.92. The van der Waals surface area contributed by atoms with Crippen LogP contribution >= 0.6 is 23.4 Å². The van der Waals surface area contributed by atoms with Gasteiger partial charge in [0, 0.05) is 29.3 Å². The molecule has 0 spiro atoms. The fourth-order valence-electron chi connectivity index (χ4n) is 3.44. The minimum Gasteiger partial charge on any atom is -0.496 e. The van der Waals surface area contributed by atoms with Gasteiger partial charge < -0.3 is 10.5 Å². The second-order valence-corrected chi connectivity index (χ2v) is 8.26. The third-order valence-electron chi connectivity index (χ3n) is 4.58. The molecule has 8 nitrogen and oxygen atoms in total. The number of nitrogens with one attached hydrogen (secondary N) is 1. The van der Waals surface area contributed by atoms with Gasteiger partial charge >= 0.3 is 0 Å². The van der Waals surface area contributed by atoms with Crippen LogP contribution in [0.2, 0.25) is 0 Å². The van der Waals surface area contributed by atoms with Gasteiger partial charge in [-0.05, 0) is 22.4 Å². The van der Waals surface area contributed by atoms with E-state index in [1.807, 2.05) is 24.3 Å². The van der Waals surface area contributed by atoms with Gasteiger partial charge in [0.2, 0.25) is 17.8 Å². The maximum atomic E-state index is 11.6. The molecule has 1 aliphatic heterocycles. The summed E-state index contributed by atoms with van der Waals surface area (Å²) in [6.45, 7) is 1.75. The Morgan fingerprint density at radius 2 is 2.17 bits per heavy atom. The fraction of sp³-hybridized carbons (Fsp3) is 0.250. The fourth-order valence-corrected chi connectivity index (χ4v) is 4.58. The number of benzene rings is 1. The molecule has 1 aromatic carbocycles. The van der Waals surface area contributed by atoms with Crippen molar-refractivity contribution in [3.63, 3.8) is 0 Å². The molecule has 30 heavy (non-hydrogen) atoms. The molecule has 2 amide bonds. The number of nitrogens with zero attached hydrogens (tertiary/aromatic N) is 3. The zero-order valence-corrected chi connectivity index (χ0v) is 17.6. The van der Waals surface area contributed by atoms with Crippen LogP contribution in [0.5, 0.6) is 0 Å². The van der Waals surface area contributed by atoms with E-state index in [1.54, 1.807) is 6.26 Å². The number of nitrogen functional groups attached to an aromatic ring is 1. The van der Waals surface area contributed by atoms with E-state index in [0.29, 0.717) is 28.4 Å². The molecule has 2 aromatic rings. The van der Waals surface area contributed by atoms with E-state index in [-0.39, 0.29) is 30.1 Å². The molecule has 0 bridgehead atoms. The van der Waals surface area contributed by atoms with Gasteiger partial charge in [-0.15, -0.1) is 0 Å². The lowest BCUT2D eigenvalue weighted by atomic mass is 9.87. The van der Waals surface area contributed by atoms with E-state index in [1.165, 1.54) is 18.7 Å². The summed E-state index contributed by atoms with van der Waals surface area (Å²) in [6.07, 6.45) is 3.78. The summed E-state index contributed by atoms with van der Waals surface area (Å²) >= 11 is 7.90. The predicted octanol–water partition coefficient (Wildman–Crippen LogP) is 0.786. The molecular formula is C20H18ClN5O3S. The highest BCUT2D eigenvalue weighted by molar-refractivity contribution is 7.99. The molecule has 154 valence electrons. The number of anilines is 1. The van der Waals surface area contributed by atoms with E-state index in [9.17, 15) is 9.59 Å². The van der Waals surface area contributed by atoms with Gasteiger partial charge in [0.05, 0.1) is 12.2 Å². The van der Waals surface area contributed by atoms with Crippen molar-refractivity contribution in [3.05, 3.63) is 51.1 Å². The van der Waals surface area contributed by atoms with Crippen LogP contribution in [-0.2, 0) is 14.3 Å².